The number of carbonyl (C=O) groups is 1. The van der Waals surface area contributed by atoms with Gasteiger partial charge in [0.25, 0.3) is 0 Å². The molecule has 0 N–H and O–H groups in total. The van der Waals surface area contributed by atoms with Gasteiger partial charge in [-0.05, 0) is 36.8 Å². The van der Waals surface area contributed by atoms with Crippen LogP contribution in [0.3, 0.4) is 0 Å². The average molecular weight is 479 g/mol. The molecule has 0 saturated carbocycles. The number of rotatable bonds is 11. The first-order valence-electron chi connectivity index (χ1n) is 10.2. The Bertz CT molecular complexity index is 1070. The van der Waals surface area contributed by atoms with E-state index in [0.29, 0.717) is 22.5 Å². The van der Waals surface area contributed by atoms with Crippen molar-refractivity contribution in [3.05, 3.63) is 72.3 Å². The minimum absolute atomic E-state index is 0.0900. The van der Waals surface area contributed by atoms with Gasteiger partial charge in [0.1, 0.15) is 6.33 Å². The molecule has 0 spiro atoms. The molecular weight excluding hydrogens is 458 g/mol. The highest BCUT2D eigenvalue weighted by Crippen LogP contribution is 2.37. The Hall–Kier alpha value is -3.89. The average Bonchev–Trinajstić information content (AvgIpc) is 2.79. The minimum atomic E-state index is -3.24. The van der Waals surface area contributed by atoms with Crippen LogP contribution in [0.25, 0.3) is 0 Å². The summed E-state index contributed by atoms with van der Waals surface area (Å²) in [5.41, 5.74) is 2.40. The number of anilines is 2. The topological polar surface area (TPSA) is 73.8 Å². The number of hydrogen-bond donors (Lipinski definition) is 0. The number of carbonyl (C=O) groups excluding carboxylic acids is 1. The second kappa shape index (κ2) is 11.8. The van der Waals surface area contributed by atoms with E-state index >= 15 is 0 Å². The fourth-order valence-corrected chi connectivity index (χ4v) is 3.14. The summed E-state index contributed by atoms with van der Waals surface area (Å²) < 4.78 is 64.9. The maximum atomic E-state index is 12.9. The van der Waals surface area contributed by atoms with Gasteiger partial charge in [-0.1, -0.05) is 12.1 Å². The molecular formula is C23H21F4N3O4. The Labute approximate surface area is 192 Å². The number of aromatic nitrogens is 2. The number of alkyl halides is 4. The highest BCUT2D eigenvalue weighted by Gasteiger charge is 2.19. The molecule has 1 heterocycles. The summed E-state index contributed by atoms with van der Waals surface area (Å²) in [6, 6.07) is 10.7. The maximum absolute atomic E-state index is 12.9. The molecule has 0 atom stereocenters. The van der Waals surface area contributed by atoms with Crippen molar-refractivity contribution in [3.8, 4) is 11.5 Å². The number of esters is 1. The van der Waals surface area contributed by atoms with Crippen molar-refractivity contribution in [3.63, 3.8) is 0 Å². The molecule has 11 heteroatoms. The second-order valence-electron chi connectivity index (χ2n) is 6.87. The van der Waals surface area contributed by atoms with Gasteiger partial charge < -0.3 is 19.1 Å². The molecule has 0 bridgehead atoms. The Morgan fingerprint density at radius 3 is 2.12 bits per heavy atom. The van der Waals surface area contributed by atoms with Crippen molar-refractivity contribution in [1.29, 1.82) is 0 Å². The van der Waals surface area contributed by atoms with Crippen LogP contribution in [-0.4, -0.2) is 35.8 Å². The lowest BCUT2D eigenvalue weighted by molar-refractivity contribution is -0.142. The van der Waals surface area contributed by atoms with E-state index in [1.807, 2.05) is 0 Å². The molecule has 0 saturated heterocycles. The fraction of sp³-hybridized carbons (Fsp3) is 0.261. The fourth-order valence-electron chi connectivity index (χ4n) is 3.14. The molecule has 0 amide bonds. The van der Waals surface area contributed by atoms with Crippen molar-refractivity contribution in [1.82, 2.24) is 9.97 Å². The first kappa shape index (κ1) is 24.7. The van der Waals surface area contributed by atoms with E-state index in [9.17, 15) is 22.4 Å². The van der Waals surface area contributed by atoms with Crippen LogP contribution in [-0.2, 0) is 22.5 Å². The molecule has 0 unspecified atom stereocenters. The zero-order valence-corrected chi connectivity index (χ0v) is 18.0. The lowest BCUT2D eigenvalue weighted by Crippen LogP contribution is -2.17. The lowest BCUT2D eigenvalue weighted by Gasteiger charge is -2.26. The third-order valence-electron chi connectivity index (χ3n) is 4.53. The van der Waals surface area contributed by atoms with Crippen molar-refractivity contribution in [2.75, 3.05) is 11.5 Å². The molecule has 180 valence electrons. The Morgan fingerprint density at radius 2 is 1.50 bits per heavy atom. The minimum Gasteiger partial charge on any atom is -0.466 e. The Balaban J connectivity index is 1.97. The lowest BCUT2D eigenvalue weighted by atomic mass is 10.1. The van der Waals surface area contributed by atoms with E-state index in [0.717, 1.165) is 6.07 Å². The highest BCUT2D eigenvalue weighted by atomic mass is 19.3. The van der Waals surface area contributed by atoms with E-state index in [2.05, 4.69) is 19.4 Å². The summed E-state index contributed by atoms with van der Waals surface area (Å²) in [4.78, 5) is 21.4. The van der Waals surface area contributed by atoms with Gasteiger partial charge in [-0.2, -0.15) is 17.6 Å². The van der Waals surface area contributed by atoms with Crippen LogP contribution >= 0.6 is 0 Å². The predicted molar refractivity (Wildman–Crippen MR) is 114 cm³/mol. The van der Waals surface area contributed by atoms with Gasteiger partial charge in [0.15, 0.2) is 11.5 Å². The first-order valence-corrected chi connectivity index (χ1v) is 10.2. The molecule has 34 heavy (non-hydrogen) atoms. The number of halogens is 4. The molecule has 3 rings (SSSR count). The smallest absolute Gasteiger partial charge is 0.387 e. The van der Waals surface area contributed by atoms with E-state index in [4.69, 9.17) is 4.74 Å². The van der Waals surface area contributed by atoms with Crippen LogP contribution in [0, 0.1) is 0 Å². The molecule has 7 nitrogen and oxygen atoms in total. The van der Waals surface area contributed by atoms with Gasteiger partial charge in [-0.3, -0.25) is 4.79 Å². The monoisotopic (exact) mass is 479 g/mol. The van der Waals surface area contributed by atoms with Gasteiger partial charge in [-0.15, -0.1) is 0 Å². The predicted octanol–water partition coefficient (Wildman–Crippen LogP) is 5.12. The third kappa shape index (κ3) is 7.06. The normalized spacial score (nSPS) is 10.9. The summed E-state index contributed by atoms with van der Waals surface area (Å²) in [6.45, 7) is -4.24. The summed E-state index contributed by atoms with van der Waals surface area (Å²) >= 11 is 0. The van der Waals surface area contributed by atoms with Crippen LogP contribution < -0.4 is 14.4 Å². The van der Waals surface area contributed by atoms with Crippen molar-refractivity contribution < 1.29 is 36.6 Å². The van der Waals surface area contributed by atoms with E-state index in [1.165, 1.54) is 18.5 Å². The number of hydrogen-bond acceptors (Lipinski definition) is 7. The van der Waals surface area contributed by atoms with Crippen LogP contribution in [0.4, 0.5) is 28.9 Å². The van der Waals surface area contributed by atoms with Gasteiger partial charge in [0.2, 0.25) is 0 Å². The zero-order valence-electron chi connectivity index (χ0n) is 18.0. The summed E-state index contributed by atoms with van der Waals surface area (Å²) in [6.07, 6.45) is 4.62. The van der Waals surface area contributed by atoms with E-state index in [-0.39, 0.29) is 25.5 Å². The first-order chi connectivity index (χ1) is 16.4. The van der Waals surface area contributed by atoms with Gasteiger partial charge >= 0.3 is 19.2 Å². The number of nitrogens with zero attached hydrogens (tertiary/aromatic N) is 3. The summed E-state index contributed by atoms with van der Waals surface area (Å²) in [7, 11) is 0. The summed E-state index contributed by atoms with van der Waals surface area (Å²) in [5, 5.41) is 0. The van der Waals surface area contributed by atoms with Crippen LogP contribution in [0.1, 0.15) is 18.1 Å². The van der Waals surface area contributed by atoms with E-state index < -0.39 is 24.7 Å². The van der Waals surface area contributed by atoms with Crippen molar-refractivity contribution in [2.24, 2.45) is 0 Å². The van der Waals surface area contributed by atoms with Crippen LogP contribution in [0.5, 0.6) is 11.5 Å². The standard InChI is InChI=1S/C23H21F4N3O4/c1-2-32-21(31)9-15-3-5-17(6-4-15)30(13-16-11-28-14-29-12-16)18-7-8-19(33-22(24)25)20(10-18)34-23(26)27/h3-8,10-12,14,22-23H,2,9,13H2,1H3. The maximum Gasteiger partial charge on any atom is 0.387 e. The largest absolute Gasteiger partial charge is 0.466 e. The molecule has 0 fully saturated rings. The molecule has 3 aromatic rings. The van der Waals surface area contributed by atoms with Crippen LogP contribution in [0.15, 0.2) is 61.2 Å². The van der Waals surface area contributed by atoms with E-state index in [1.54, 1.807) is 48.5 Å². The van der Waals surface area contributed by atoms with Crippen LogP contribution in [0.2, 0.25) is 0 Å². The van der Waals surface area contributed by atoms with Crippen molar-refractivity contribution in [2.45, 2.75) is 33.1 Å². The molecule has 2 aromatic carbocycles. The van der Waals surface area contributed by atoms with Gasteiger partial charge in [0, 0.05) is 35.4 Å². The Morgan fingerprint density at radius 1 is 0.882 bits per heavy atom. The third-order valence-corrected chi connectivity index (χ3v) is 4.53. The number of benzene rings is 2. The molecule has 1 aromatic heterocycles. The molecule has 0 aliphatic rings. The molecule has 0 aliphatic heterocycles. The zero-order chi connectivity index (χ0) is 24.5. The van der Waals surface area contributed by atoms with Gasteiger partial charge in [-0.25, -0.2) is 9.97 Å². The highest BCUT2D eigenvalue weighted by molar-refractivity contribution is 5.73. The second-order valence-corrected chi connectivity index (χ2v) is 6.87. The Kier molecular flexibility index (Phi) is 8.60. The quantitative estimate of drug-likeness (QED) is 0.279. The van der Waals surface area contributed by atoms with Crippen molar-refractivity contribution >= 4 is 17.3 Å². The SMILES string of the molecule is CCOC(=O)Cc1ccc(N(Cc2cncnc2)c2ccc(OC(F)F)c(OC(F)F)c2)cc1. The molecule has 0 radical (unpaired) electrons. The van der Waals surface area contributed by atoms with Gasteiger partial charge in [0.05, 0.1) is 19.6 Å². The molecule has 0 aliphatic carbocycles. The number of ether oxygens (including phenoxy) is 3. The summed E-state index contributed by atoms with van der Waals surface area (Å²) in [5.74, 6) is -1.43.